The number of rotatable bonds is 5. The van der Waals surface area contributed by atoms with E-state index in [0.29, 0.717) is 17.4 Å². The molecule has 5 nitrogen and oxygen atoms in total. The maximum atomic E-state index is 12.3. The lowest BCUT2D eigenvalue weighted by atomic mass is 9.92. The highest BCUT2D eigenvalue weighted by atomic mass is 32.1. The fourth-order valence-electron chi connectivity index (χ4n) is 4.58. The number of hydrogen-bond acceptors (Lipinski definition) is 5. The summed E-state index contributed by atoms with van der Waals surface area (Å²) in [5.74, 6) is 2.90. The summed E-state index contributed by atoms with van der Waals surface area (Å²) in [5, 5.41) is 4.24. The van der Waals surface area contributed by atoms with Crippen LogP contribution in [0.4, 0.5) is 5.82 Å². The van der Waals surface area contributed by atoms with Crippen molar-refractivity contribution in [3.8, 4) is 0 Å². The van der Waals surface area contributed by atoms with Gasteiger partial charge in [0.1, 0.15) is 11.6 Å². The molecular formula is C21H26N4OS. The van der Waals surface area contributed by atoms with Crippen molar-refractivity contribution in [2.75, 3.05) is 18.0 Å². The van der Waals surface area contributed by atoms with Gasteiger partial charge >= 0.3 is 0 Å². The van der Waals surface area contributed by atoms with Gasteiger partial charge in [-0.2, -0.15) is 11.3 Å². The summed E-state index contributed by atoms with van der Waals surface area (Å²) >= 11 is 1.70. The van der Waals surface area contributed by atoms with Crippen molar-refractivity contribution < 1.29 is 4.79 Å². The molecular weight excluding hydrogens is 356 g/mol. The summed E-state index contributed by atoms with van der Waals surface area (Å²) in [7, 11) is 0. The number of anilines is 1. The van der Waals surface area contributed by atoms with Gasteiger partial charge in [0.05, 0.1) is 0 Å². The SMILES string of the molecule is CC(=O)N(Cc1ccsc1)[C@@H]1CC12CCN(c1ccnc(C3CC3)n1)CC2. The normalized spacial score (nSPS) is 23.4. The standard InChI is InChI=1S/C21H26N4OS/c1-15(26)25(13-16-5-11-27-14-16)18-12-21(18)6-9-24(10-7-21)19-4-8-22-20(23-19)17-2-3-17/h4-5,8,11,14,17-18H,2-3,6-7,9-10,12-13H2,1H3/t18-/m1/s1. The predicted molar refractivity (Wildman–Crippen MR) is 107 cm³/mol. The summed E-state index contributed by atoms with van der Waals surface area (Å²) in [6.07, 6.45) is 7.83. The second-order valence-electron chi connectivity index (χ2n) is 8.40. The molecule has 0 N–H and O–H groups in total. The zero-order valence-electron chi connectivity index (χ0n) is 15.8. The van der Waals surface area contributed by atoms with Crippen LogP contribution in [-0.4, -0.2) is 39.9 Å². The summed E-state index contributed by atoms with van der Waals surface area (Å²) in [6.45, 7) is 4.53. The molecule has 5 rings (SSSR count). The first-order valence-electron chi connectivity index (χ1n) is 10.0. The van der Waals surface area contributed by atoms with Gasteiger partial charge in [0.25, 0.3) is 0 Å². The largest absolute Gasteiger partial charge is 0.356 e. The second kappa shape index (κ2) is 6.59. The van der Waals surface area contributed by atoms with Crippen LogP contribution in [0.1, 0.15) is 56.3 Å². The van der Waals surface area contributed by atoms with E-state index in [-0.39, 0.29) is 5.91 Å². The number of thiophene rings is 1. The van der Waals surface area contributed by atoms with Crippen LogP contribution in [0, 0.1) is 5.41 Å². The molecule has 1 atom stereocenters. The van der Waals surface area contributed by atoms with Crippen molar-refractivity contribution in [1.82, 2.24) is 14.9 Å². The zero-order valence-corrected chi connectivity index (χ0v) is 16.6. The van der Waals surface area contributed by atoms with Crippen LogP contribution in [0.2, 0.25) is 0 Å². The van der Waals surface area contributed by atoms with Crippen molar-refractivity contribution in [1.29, 1.82) is 0 Å². The molecule has 1 saturated heterocycles. The third-order valence-corrected chi connectivity index (χ3v) is 7.28. The van der Waals surface area contributed by atoms with Gasteiger partial charge in [-0.1, -0.05) is 0 Å². The first kappa shape index (κ1) is 17.2. The van der Waals surface area contributed by atoms with E-state index in [1.807, 2.05) is 12.3 Å². The number of aromatic nitrogens is 2. The van der Waals surface area contributed by atoms with E-state index < -0.39 is 0 Å². The second-order valence-corrected chi connectivity index (χ2v) is 9.18. The molecule has 1 spiro atoms. The number of carbonyl (C=O) groups excluding carboxylic acids is 1. The first-order chi connectivity index (χ1) is 13.1. The Balaban J connectivity index is 1.24. The monoisotopic (exact) mass is 382 g/mol. The van der Waals surface area contributed by atoms with E-state index in [4.69, 9.17) is 4.98 Å². The Morgan fingerprint density at radius 2 is 2.15 bits per heavy atom. The van der Waals surface area contributed by atoms with Crippen molar-refractivity contribution in [3.63, 3.8) is 0 Å². The Morgan fingerprint density at radius 3 is 2.81 bits per heavy atom. The van der Waals surface area contributed by atoms with E-state index >= 15 is 0 Å². The molecule has 0 unspecified atom stereocenters. The molecule has 1 aliphatic heterocycles. The number of carbonyl (C=O) groups is 1. The van der Waals surface area contributed by atoms with Gasteiger partial charge in [0.15, 0.2) is 0 Å². The van der Waals surface area contributed by atoms with Crippen LogP contribution in [0.5, 0.6) is 0 Å². The average molecular weight is 383 g/mol. The van der Waals surface area contributed by atoms with Gasteiger partial charge in [-0.15, -0.1) is 0 Å². The molecule has 2 aliphatic carbocycles. The van der Waals surface area contributed by atoms with Crippen molar-refractivity contribution in [2.24, 2.45) is 5.41 Å². The predicted octanol–water partition coefficient (Wildman–Crippen LogP) is 3.82. The third-order valence-electron chi connectivity index (χ3n) is 6.55. The summed E-state index contributed by atoms with van der Waals surface area (Å²) in [4.78, 5) is 26.0. The fraction of sp³-hybridized carbons (Fsp3) is 0.571. The lowest BCUT2D eigenvalue weighted by Gasteiger charge is -2.35. The van der Waals surface area contributed by atoms with Crippen LogP contribution >= 0.6 is 11.3 Å². The molecule has 2 saturated carbocycles. The molecule has 3 heterocycles. The highest BCUT2D eigenvalue weighted by molar-refractivity contribution is 7.07. The van der Waals surface area contributed by atoms with Crippen LogP contribution in [0.15, 0.2) is 29.1 Å². The lowest BCUT2D eigenvalue weighted by molar-refractivity contribution is -0.130. The van der Waals surface area contributed by atoms with Gasteiger partial charge in [-0.05, 0) is 66.0 Å². The third kappa shape index (κ3) is 3.35. The Kier molecular flexibility index (Phi) is 4.19. The van der Waals surface area contributed by atoms with Crippen molar-refractivity contribution >= 4 is 23.1 Å². The quantitative estimate of drug-likeness (QED) is 0.789. The molecule has 0 radical (unpaired) electrons. The smallest absolute Gasteiger partial charge is 0.220 e. The van der Waals surface area contributed by atoms with Crippen LogP contribution in [0.3, 0.4) is 0 Å². The maximum absolute atomic E-state index is 12.3. The highest BCUT2D eigenvalue weighted by Gasteiger charge is 2.58. The van der Waals surface area contributed by atoms with Crippen molar-refractivity contribution in [2.45, 2.75) is 57.5 Å². The van der Waals surface area contributed by atoms with Crippen molar-refractivity contribution in [3.05, 3.63) is 40.5 Å². The van der Waals surface area contributed by atoms with Crippen LogP contribution in [-0.2, 0) is 11.3 Å². The molecule has 142 valence electrons. The molecule has 6 heteroatoms. The Hall–Kier alpha value is -1.95. The van der Waals surface area contributed by atoms with E-state index in [1.54, 1.807) is 18.3 Å². The minimum atomic E-state index is 0.204. The average Bonchev–Trinajstić information content (AvgIpc) is 3.59. The van der Waals surface area contributed by atoms with Gasteiger partial charge in [-0.25, -0.2) is 9.97 Å². The maximum Gasteiger partial charge on any atom is 0.220 e. The Morgan fingerprint density at radius 1 is 1.33 bits per heavy atom. The number of nitrogens with zero attached hydrogens (tertiary/aromatic N) is 4. The molecule has 1 amide bonds. The molecule has 0 aromatic carbocycles. The van der Waals surface area contributed by atoms with Gasteiger partial charge in [-0.3, -0.25) is 4.79 Å². The van der Waals surface area contributed by atoms with Crippen LogP contribution in [0.25, 0.3) is 0 Å². The van der Waals surface area contributed by atoms with E-state index in [1.165, 1.54) is 18.4 Å². The fourth-order valence-corrected chi connectivity index (χ4v) is 5.24. The number of amides is 1. The molecule has 3 aliphatic rings. The lowest BCUT2D eigenvalue weighted by Crippen LogP contribution is -2.40. The highest BCUT2D eigenvalue weighted by Crippen LogP contribution is 2.57. The zero-order chi connectivity index (χ0) is 18.4. The number of hydrogen-bond donors (Lipinski definition) is 0. The topological polar surface area (TPSA) is 49.3 Å². The minimum Gasteiger partial charge on any atom is -0.356 e. The number of piperidine rings is 1. The minimum absolute atomic E-state index is 0.204. The van der Waals surface area contributed by atoms with E-state index in [9.17, 15) is 4.79 Å². The molecule has 2 aromatic heterocycles. The van der Waals surface area contributed by atoms with Gasteiger partial charge < -0.3 is 9.80 Å². The Bertz CT molecular complexity index is 824. The summed E-state index contributed by atoms with van der Waals surface area (Å²) < 4.78 is 0. The molecule has 27 heavy (non-hydrogen) atoms. The molecule has 3 fully saturated rings. The summed E-state index contributed by atoms with van der Waals surface area (Å²) in [5.41, 5.74) is 1.58. The molecule has 0 bridgehead atoms. The van der Waals surface area contributed by atoms with E-state index in [2.05, 4.69) is 31.6 Å². The molecule has 2 aromatic rings. The van der Waals surface area contributed by atoms with Crippen LogP contribution < -0.4 is 4.90 Å². The van der Waals surface area contributed by atoms with Gasteiger partial charge in [0, 0.05) is 44.7 Å². The Labute approximate surface area is 164 Å². The van der Waals surface area contributed by atoms with Gasteiger partial charge in [0.2, 0.25) is 5.91 Å². The first-order valence-corrected chi connectivity index (χ1v) is 11.0. The summed E-state index contributed by atoms with van der Waals surface area (Å²) in [6, 6.07) is 4.59. The van der Waals surface area contributed by atoms with E-state index in [0.717, 1.165) is 50.5 Å².